The molecule has 6 heteroatoms. The van der Waals surface area contributed by atoms with Gasteiger partial charge in [-0.05, 0) is 30.0 Å². The number of aromatic nitrogens is 2. The van der Waals surface area contributed by atoms with Crippen LogP contribution in [0.15, 0.2) is 67.0 Å². The van der Waals surface area contributed by atoms with Crippen molar-refractivity contribution < 1.29 is 9.59 Å². The minimum atomic E-state index is -0.548. The standard InChI is InChI=1S/C26H28N4O2/c1-3-13-29-14-15-30(25(31)23-18-27-19(2)17-28-23)24(26(29)32)16-20-9-11-22(12-10-20)21-7-5-4-6-8-21/h4-12,17-18,24H,3,13-16H2,1-2H3/t24-/m0/s1. The fourth-order valence-corrected chi connectivity index (χ4v) is 4.11. The Bertz CT molecular complexity index is 1070. The summed E-state index contributed by atoms with van der Waals surface area (Å²) in [5.74, 6) is -0.244. The Kier molecular flexibility index (Phi) is 6.59. The number of carbonyl (C=O) groups excluding carboxylic acids is 2. The van der Waals surface area contributed by atoms with E-state index >= 15 is 0 Å². The lowest BCUT2D eigenvalue weighted by Gasteiger charge is -2.40. The number of benzene rings is 2. The first-order valence-corrected chi connectivity index (χ1v) is 11.1. The number of hydrogen-bond acceptors (Lipinski definition) is 4. The molecule has 2 amide bonds. The van der Waals surface area contributed by atoms with E-state index in [1.807, 2.05) is 42.2 Å². The van der Waals surface area contributed by atoms with Gasteiger partial charge in [0.05, 0.1) is 11.9 Å². The monoisotopic (exact) mass is 428 g/mol. The maximum Gasteiger partial charge on any atom is 0.274 e. The molecule has 4 rings (SSSR count). The third kappa shape index (κ3) is 4.69. The quantitative estimate of drug-likeness (QED) is 0.600. The molecular formula is C26H28N4O2. The van der Waals surface area contributed by atoms with Crippen LogP contribution in [0.3, 0.4) is 0 Å². The van der Waals surface area contributed by atoms with Gasteiger partial charge in [0, 0.05) is 32.3 Å². The number of carbonyl (C=O) groups is 2. The van der Waals surface area contributed by atoms with Crippen molar-refractivity contribution in [3.63, 3.8) is 0 Å². The largest absolute Gasteiger partial charge is 0.339 e. The van der Waals surface area contributed by atoms with Crippen molar-refractivity contribution in [1.29, 1.82) is 0 Å². The molecule has 0 spiro atoms. The van der Waals surface area contributed by atoms with Crippen LogP contribution in [0.1, 0.15) is 35.1 Å². The first kappa shape index (κ1) is 21.7. The smallest absolute Gasteiger partial charge is 0.274 e. The molecule has 1 saturated heterocycles. The maximum atomic E-state index is 13.3. The Morgan fingerprint density at radius 2 is 1.69 bits per heavy atom. The van der Waals surface area contributed by atoms with Crippen LogP contribution in [0.2, 0.25) is 0 Å². The van der Waals surface area contributed by atoms with E-state index in [9.17, 15) is 9.59 Å². The summed E-state index contributed by atoms with van der Waals surface area (Å²) in [4.78, 5) is 38.5. The molecule has 0 radical (unpaired) electrons. The van der Waals surface area contributed by atoms with E-state index in [0.29, 0.717) is 26.1 Å². The highest BCUT2D eigenvalue weighted by Gasteiger charge is 2.37. The SMILES string of the molecule is CCCN1CCN(C(=O)c2cnc(C)cn2)[C@@H](Cc2ccc(-c3ccccc3)cc2)C1=O. The summed E-state index contributed by atoms with van der Waals surface area (Å²) in [7, 11) is 0. The van der Waals surface area contributed by atoms with Gasteiger partial charge in [-0.25, -0.2) is 4.98 Å². The van der Waals surface area contributed by atoms with Gasteiger partial charge in [0.2, 0.25) is 5.91 Å². The van der Waals surface area contributed by atoms with E-state index in [4.69, 9.17) is 0 Å². The predicted molar refractivity (Wildman–Crippen MR) is 124 cm³/mol. The predicted octanol–water partition coefficient (Wildman–Crippen LogP) is 3.76. The lowest BCUT2D eigenvalue weighted by molar-refractivity contribution is -0.140. The van der Waals surface area contributed by atoms with E-state index in [-0.39, 0.29) is 17.5 Å². The highest BCUT2D eigenvalue weighted by Crippen LogP contribution is 2.23. The zero-order chi connectivity index (χ0) is 22.5. The molecule has 6 nitrogen and oxygen atoms in total. The molecule has 1 fully saturated rings. The van der Waals surface area contributed by atoms with Gasteiger partial charge in [-0.3, -0.25) is 14.6 Å². The van der Waals surface area contributed by atoms with Gasteiger partial charge in [0.15, 0.2) is 0 Å². The van der Waals surface area contributed by atoms with Crippen LogP contribution in [0.25, 0.3) is 11.1 Å². The van der Waals surface area contributed by atoms with Crippen molar-refractivity contribution in [1.82, 2.24) is 19.8 Å². The number of piperazine rings is 1. The van der Waals surface area contributed by atoms with Gasteiger partial charge in [-0.1, -0.05) is 61.5 Å². The molecule has 1 aliphatic heterocycles. The van der Waals surface area contributed by atoms with Crippen molar-refractivity contribution >= 4 is 11.8 Å². The summed E-state index contributed by atoms with van der Waals surface area (Å²) in [5, 5.41) is 0. The molecule has 2 aromatic carbocycles. The normalized spacial score (nSPS) is 16.3. The summed E-state index contributed by atoms with van der Waals surface area (Å²) in [5.41, 5.74) is 4.32. The number of hydrogen-bond donors (Lipinski definition) is 0. The fraction of sp³-hybridized carbons (Fsp3) is 0.308. The average molecular weight is 429 g/mol. The fourth-order valence-electron chi connectivity index (χ4n) is 4.11. The summed E-state index contributed by atoms with van der Waals surface area (Å²) >= 11 is 0. The van der Waals surface area contributed by atoms with Crippen LogP contribution in [0, 0.1) is 6.92 Å². The molecule has 1 aromatic heterocycles. The first-order valence-electron chi connectivity index (χ1n) is 11.1. The second-order valence-electron chi connectivity index (χ2n) is 8.15. The molecule has 32 heavy (non-hydrogen) atoms. The van der Waals surface area contributed by atoms with Crippen LogP contribution >= 0.6 is 0 Å². The first-order chi connectivity index (χ1) is 15.6. The Morgan fingerprint density at radius 1 is 0.969 bits per heavy atom. The molecule has 164 valence electrons. The minimum Gasteiger partial charge on any atom is -0.339 e. The Labute approximate surface area is 188 Å². The number of rotatable bonds is 6. The molecule has 0 bridgehead atoms. The molecule has 0 aliphatic carbocycles. The van der Waals surface area contributed by atoms with Crippen molar-refractivity contribution in [2.45, 2.75) is 32.7 Å². The van der Waals surface area contributed by atoms with Crippen LogP contribution in [-0.2, 0) is 11.2 Å². The lowest BCUT2D eigenvalue weighted by atomic mass is 9.98. The maximum absolute atomic E-state index is 13.3. The molecule has 1 atom stereocenters. The van der Waals surface area contributed by atoms with E-state index in [1.165, 1.54) is 6.20 Å². The van der Waals surface area contributed by atoms with E-state index < -0.39 is 6.04 Å². The summed E-state index contributed by atoms with van der Waals surface area (Å²) < 4.78 is 0. The lowest BCUT2D eigenvalue weighted by Crippen LogP contribution is -2.59. The van der Waals surface area contributed by atoms with Crippen LogP contribution < -0.4 is 0 Å². The highest BCUT2D eigenvalue weighted by atomic mass is 16.2. The van der Waals surface area contributed by atoms with Crippen molar-refractivity contribution in [3.8, 4) is 11.1 Å². The van der Waals surface area contributed by atoms with E-state index in [0.717, 1.165) is 28.8 Å². The van der Waals surface area contributed by atoms with Crippen molar-refractivity contribution in [3.05, 3.63) is 83.9 Å². The third-order valence-corrected chi connectivity index (χ3v) is 5.83. The zero-order valence-corrected chi connectivity index (χ0v) is 18.6. The van der Waals surface area contributed by atoms with Gasteiger partial charge in [0.25, 0.3) is 5.91 Å². The number of amides is 2. The van der Waals surface area contributed by atoms with Crippen LogP contribution in [0.5, 0.6) is 0 Å². The van der Waals surface area contributed by atoms with Crippen molar-refractivity contribution in [2.24, 2.45) is 0 Å². The number of nitrogens with zero attached hydrogens (tertiary/aromatic N) is 4. The van der Waals surface area contributed by atoms with E-state index in [2.05, 4.69) is 41.2 Å². The summed E-state index contributed by atoms with van der Waals surface area (Å²) in [6.45, 7) is 5.63. The molecular weight excluding hydrogens is 400 g/mol. The zero-order valence-electron chi connectivity index (χ0n) is 18.6. The summed E-state index contributed by atoms with van der Waals surface area (Å²) in [6, 6.07) is 17.9. The van der Waals surface area contributed by atoms with Crippen LogP contribution in [0.4, 0.5) is 0 Å². The second kappa shape index (κ2) is 9.73. The van der Waals surface area contributed by atoms with Gasteiger partial charge in [-0.2, -0.15) is 0 Å². The Balaban J connectivity index is 1.58. The highest BCUT2D eigenvalue weighted by molar-refractivity contribution is 5.96. The van der Waals surface area contributed by atoms with Crippen molar-refractivity contribution in [2.75, 3.05) is 19.6 Å². The molecule has 0 saturated carbocycles. The van der Waals surface area contributed by atoms with Crippen LogP contribution in [-0.4, -0.2) is 57.3 Å². The molecule has 0 unspecified atom stereocenters. The third-order valence-electron chi connectivity index (χ3n) is 5.83. The van der Waals surface area contributed by atoms with E-state index in [1.54, 1.807) is 11.1 Å². The van der Waals surface area contributed by atoms with Gasteiger partial charge >= 0.3 is 0 Å². The Morgan fingerprint density at radius 3 is 2.34 bits per heavy atom. The molecule has 3 aromatic rings. The topological polar surface area (TPSA) is 66.4 Å². The van der Waals surface area contributed by atoms with Gasteiger partial charge in [-0.15, -0.1) is 0 Å². The molecule has 2 heterocycles. The Hall–Kier alpha value is -3.54. The molecule has 1 aliphatic rings. The van der Waals surface area contributed by atoms with Gasteiger partial charge < -0.3 is 9.80 Å². The number of aryl methyl sites for hydroxylation is 1. The second-order valence-corrected chi connectivity index (χ2v) is 8.15. The average Bonchev–Trinajstić information content (AvgIpc) is 2.83. The molecule has 0 N–H and O–H groups in total. The minimum absolute atomic E-state index is 0.00124. The summed E-state index contributed by atoms with van der Waals surface area (Å²) in [6.07, 6.45) is 4.44. The van der Waals surface area contributed by atoms with Gasteiger partial charge in [0.1, 0.15) is 11.7 Å².